The molecule has 1 saturated heterocycles. The van der Waals surface area contributed by atoms with E-state index in [1.54, 1.807) is 12.1 Å². The summed E-state index contributed by atoms with van der Waals surface area (Å²) in [6.07, 6.45) is 1.21. The van der Waals surface area contributed by atoms with E-state index in [1.165, 1.54) is 12.0 Å². The standard InChI is InChI=1S/C14H21FN2/c1-3-16-14-8-9-17(10-14)11(2)12-4-6-13(15)7-5-12/h4-7,11,14,16H,3,8-10H2,1-2H3. The van der Waals surface area contributed by atoms with Crippen molar-refractivity contribution >= 4 is 0 Å². The summed E-state index contributed by atoms with van der Waals surface area (Å²) in [5.74, 6) is -0.159. The minimum Gasteiger partial charge on any atom is -0.313 e. The van der Waals surface area contributed by atoms with Crippen LogP contribution in [-0.2, 0) is 0 Å². The van der Waals surface area contributed by atoms with E-state index >= 15 is 0 Å². The van der Waals surface area contributed by atoms with Crippen LogP contribution in [0, 0.1) is 5.82 Å². The molecule has 1 fully saturated rings. The first kappa shape index (κ1) is 12.5. The summed E-state index contributed by atoms with van der Waals surface area (Å²) >= 11 is 0. The van der Waals surface area contributed by atoms with Gasteiger partial charge in [0.2, 0.25) is 0 Å². The maximum absolute atomic E-state index is 12.9. The highest BCUT2D eigenvalue weighted by atomic mass is 19.1. The van der Waals surface area contributed by atoms with Crippen molar-refractivity contribution in [1.29, 1.82) is 0 Å². The Morgan fingerprint density at radius 3 is 2.76 bits per heavy atom. The first-order valence-corrected chi connectivity index (χ1v) is 6.43. The van der Waals surface area contributed by atoms with Gasteiger partial charge in [-0.15, -0.1) is 0 Å². The van der Waals surface area contributed by atoms with Gasteiger partial charge < -0.3 is 5.32 Å². The maximum atomic E-state index is 12.9. The molecule has 0 spiro atoms. The Balaban J connectivity index is 1.96. The fourth-order valence-corrected chi connectivity index (χ4v) is 2.55. The van der Waals surface area contributed by atoms with Crippen molar-refractivity contribution < 1.29 is 4.39 Å². The third-order valence-electron chi connectivity index (χ3n) is 3.61. The lowest BCUT2D eigenvalue weighted by atomic mass is 10.1. The molecule has 0 radical (unpaired) electrons. The Hall–Kier alpha value is -0.930. The van der Waals surface area contributed by atoms with Crippen LogP contribution in [0.5, 0.6) is 0 Å². The van der Waals surface area contributed by atoms with Crippen LogP contribution >= 0.6 is 0 Å². The van der Waals surface area contributed by atoms with Crippen LogP contribution in [0.1, 0.15) is 31.9 Å². The van der Waals surface area contributed by atoms with Gasteiger partial charge in [0.1, 0.15) is 5.82 Å². The van der Waals surface area contributed by atoms with Crippen LogP contribution < -0.4 is 5.32 Å². The number of likely N-dealkylation sites (tertiary alicyclic amines) is 1. The lowest BCUT2D eigenvalue weighted by Crippen LogP contribution is -2.33. The van der Waals surface area contributed by atoms with E-state index in [9.17, 15) is 4.39 Å². The summed E-state index contributed by atoms with van der Waals surface area (Å²) in [5.41, 5.74) is 1.20. The van der Waals surface area contributed by atoms with Crippen LogP contribution in [0.3, 0.4) is 0 Å². The Bertz CT molecular complexity index is 350. The van der Waals surface area contributed by atoms with Gasteiger partial charge in [0, 0.05) is 25.2 Å². The van der Waals surface area contributed by atoms with Gasteiger partial charge in [-0.25, -0.2) is 4.39 Å². The van der Waals surface area contributed by atoms with Gasteiger partial charge in [-0.2, -0.15) is 0 Å². The SMILES string of the molecule is CCNC1CCN(C(C)c2ccc(F)cc2)C1. The van der Waals surface area contributed by atoms with Crippen LogP contribution in [0.15, 0.2) is 24.3 Å². The zero-order valence-corrected chi connectivity index (χ0v) is 10.6. The average molecular weight is 236 g/mol. The molecular weight excluding hydrogens is 215 g/mol. The molecule has 0 aliphatic carbocycles. The summed E-state index contributed by atoms with van der Waals surface area (Å²) < 4.78 is 12.9. The van der Waals surface area contributed by atoms with Gasteiger partial charge >= 0.3 is 0 Å². The Labute approximate surface area is 103 Å². The van der Waals surface area contributed by atoms with Gasteiger partial charge in [-0.1, -0.05) is 19.1 Å². The fraction of sp³-hybridized carbons (Fsp3) is 0.571. The number of halogens is 1. The molecule has 2 nitrogen and oxygen atoms in total. The third kappa shape index (κ3) is 3.05. The molecule has 94 valence electrons. The molecule has 1 N–H and O–H groups in total. The van der Waals surface area contributed by atoms with Crippen molar-refractivity contribution in [3.05, 3.63) is 35.6 Å². The number of benzene rings is 1. The number of nitrogens with zero attached hydrogens (tertiary/aromatic N) is 1. The number of nitrogens with one attached hydrogen (secondary N) is 1. The van der Waals surface area contributed by atoms with Crippen LogP contribution in [0.4, 0.5) is 4.39 Å². The van der Waals surface area contributed by atoms with E-state index in [-0.39, 0.29) is 5.82 Å². The van der Waals surface area contributed by atoms with Gasteiger partial charge in [0.15, 0.2) is 0 Å². The molecule has 17 heavy (non-hydrogen) atoms. The van der Waals surface area contributed by atoms with Crippen molar-refractivity contribution in [3.8, 4) is 0 Å². The van der Waals surface area contributed by atoms with E-state index in [2.05, 4.69) is 24.1 Å². The fourth-order valence-electron chi connectivity index (χ4n) is 2.55. The quantitative estimate of drug-likeness (QED) is 0.864. The van der Waals surface area contributed by atoms with E-state index in [1.807, 2.05) is 12.1 Å². The van der Waals surface area contributed by atoms with Crippen LogP contribution in [-0.4, -0.2) is 30.6 Å². The Morgan fingerprint density at radius 2 is 2.12 bits per heavy atom. The normalized spacial score (nSPS) is 22.9. The van der Waals surface area contributed by atoms with Gasteiger partial charge in [-0.3, -0.25) is 4.90 Å². The number of hydrogen-bond donors (Lipinski definition) is 1. The highest BCUT2D eigenvalue weighted by molar-refractivity contribution is 5.19. The topological polar surface area (TPSA) is 15.3 Å². The van der Waals surface area contributed by atoms with Crippen molar-refractivity contribution in [2.45, 2.75) is 32.4 Å². The molecule has 2 rings (SSSR count). The second-order valence-electron chi connectivity index (χ2n) is 4.77. The molecular formula is C14H21FN2. The summed E-state index contributed by atoms with van der Waals surface area (Å²) in [6.45, 7) is 7.58. The van der Waals surface area contributed by atoms with Crippen molar-refractivity contribution in [2.24, 2.45) is 0 Å². The minimum absolute atomic E-state index is 0.159. The lowest BCUT2D eigenvalue weighted by molar-refractivity contribution is 0.256. The molecule has 1 aromatic carbocycles. The molecule has 1 aromatic rings. The molecule has 2 atom stereocenters. The highest BCUT2D eigenvalue weighted by Crippen LogP contribution is 2.24. The molecule has 1 aliphatic heterocycles. The molecule has 1 heterocycles. The van der Waals surface area contributed by atoms with E-state index in [4.69, 9.17) is 0 Å². The smallest absolute Gasteiger partial charge is 0.123 e. The predicted molar refractivity (Wildman–Crippen MR) is 68.5 cm³/mol. The van der Waals surface area contributed by atoms with Gasteiger partial charge in [-0.05, 0) is 37.6 Å². The molecule has 3 heteroatoms. The summed E-state index contributed by atoms with van der Waals surface area (Å²) in [5, 5.41) is 3.49. The average Bonchev–Trinajstić information content (AvgIpc) is 2.78. The van der Waals surface area contributed by atoms with Crippen LogP contribution in [0.25, 0.3) is 0 Å². The van der Waals surface area contributed by atoms with Crippen LogP contribution in [0.2, 0.25) is 0 Å². The first-order valence-electron chi connectivity index (χ1n) is 6.43. The van der Waals surface area contributed by atoms with Crippen molar-refractivity contribution in [1.82, 2.24) is 10.2 Å². The number of likely N-dealkylation sites (N-methyl/N-ethyl adjacent to an activating group) is 1. The molecule has 0 saturated carbocycles. The van der Waals surface area contributed by atoms with Crippen molar-refractivity contribution in [3.63, 3.8) is 0 Å². The van der Waals surface area contributed by atoms with Crippen molar-refractivity contribution in [2.75, 3.05) is 19.6 Å². The van der Waals surface area contributed by atoms with E-state index in [0.717, 1.165) is 19.6 Å². The number of hydrogen-bond acceptors (Lipinski definition) is 2. The van der Waals surface area contributed by atoms with Gasteiger partial charge in [0.25, 0.3) is 0 Å². The van der Waals surface area contributed by atoms with Gasteiger partial charge in [0.05, 0.1) is 0 Å². The second kappa shape index (κ2) is 5.61. The lowest BCUT2D eigenvalue weighted by Gasteiger charge is -2.24. The maximum Gasteiger partial charge on any atom is 0.123 e. The zero-order valence-electron chi connectivity index (χ0n) is 10.6. The Morgan fingerprint density at radius 1 is 1.41 bits per heavy atom. The highest BCUT2D eigenvalue weighted by Gasteiger charge is 2.25. The molecule has 1 aliphatic rings. The largest absolute Gasteiger partial charge is 0.313 e. The second-order valence-corrected chi connectivity index (χ2v) is 4.77. The summed E-state index contributed by atoms with van der Waals surface area (Å²) in [7, 11) is 0. The molecule has 2 unspecified atom stereocenters. The minimum atomic E-state index is -0.159. The first-order chi connectivity index (χ1) is 8.20. The van der Waals surface area contributed by atoms with E-state index < -0.39 is 0 Å². The molecule has 0 aromatic heterocycles. The summed E-state index contributed by atoms with van der Waals surface area (Å²) in [6, 6.07) is 7.86. The Kier molecular flexibility index (Phi) is 4.13. The number of rotatable bonds is 4. The summed E-state index contributed by atoms with van der Waals surface area (Å²) in [4.78, 5) is 2.46. The molecule has 0 bridgehead atoms. The zero-order chi connectivity index (χ0) is 12.3. The molecule has 0 amide bonds. The monoisotopic (exact) mass is 236 g/mol. The predicted octanol–water partition coefficient (Wildman–Crippen LogP) is 2.57. The van der Waals surface area contributed by atoms with E-state index in [0.29, 0.717) is 12.1 Å². The third-order valence-corrected chi connectivity index (χ3v) is 3.61.